The zero-order valence-corrected chi connectivity index (χ0v) is 19.7. The van der Waals surface area contributed by atoms with Crippen LogP contribution in [0.25, 0.3) is 10.9 Å². The molecule has 1 unspecified atom stereocenters. The Hall–Kier alpha value is -3.04. The first-order valence-corrected chi connectivity index (χ1v) is 11.9. The number of ether oxygens (including phenoxy) is 3. The molecule has 4 aliphatic rings. The minimum absolute atomic E-state index is 0.0939. The lowest BCUT2D eigenvalue weighted by Crippen LogP contribution is -2.54. The van der Waals surface area contributed by atoms with Gasteiger partial charge in [-0.1, -0.05) is 5.21 Å². The number of pyridine rings is 1. The number of aromatic nitrogens is 4. The summed E-state index contributed by atoms with van der Waals surface area (Å²) in [6.07, 6.45) is 5.29. The van der Waals surface area contributed by atoms with Gasteiger partial charge in [0.25, 0.3) is 5.91 Å². The third-order valence-electron chi connectivity index (χ3n) is 7.33. The number of carbonyl (C=O) groups is 1. The van der Waals surface area contributed by atoms with Crippen LogP contribution in [0.2, 0.25) is 0 Å². The molecule has 2 aromatic heterocycles. The minimum atomic E-state index is -0.564. The van der Waals surface area contributed by atoms with Gasteiger partial charge in [-0.25, -0.2) is 4.68 Å². The van der Waals surface area contributed by atoms with Crippen molar-refractivity contribution >= 4 is 16.8 Å². The van der Waals surface area contributed by atoms with Crippen molar-refractivity contribution in [1.29, 1.82) is 0 Å². The molecular formula is C25H29N5O4. The fraction of sp³-hybridized carbons (Fsp3) is 0.520. The Morgan fingerprint density at radius 2 is 2.24 bits per heavy atom. The molecule has 3 aliphatic heterocycles. The van der Waals surface area contributed by atoms with Crippen LogP contribution in [0.1, 0.15) is 56.5 Å². The molecule has 9 nitrogen and oxygen atoms in total. The van der Waals surface area contributed by atoms with Crippen molar-refractivity contribution in [2.45, 2.75) is 70.0 Å². The molecule has 5 heterocycles. The minimum Gasteiger partial charge on any atom is -0.484 e. The smallest absolute Gasteiger partial charge is 0.251 e. The quantitative estimate of drug-likeness (QED) is 0.600. The van der Waals surface area contributed by atoms with Gasteiger partial charge >= 0.3 is 0 Å². The number of rotatable bonds is 6. The van der Waals surface area contributed by atoms with Gasteiger partial charge in [0, 0.05) is 31.0 Å². The summed E-state index contributed by atoms with van der Waals surface area (Å²) in [7, 11) is 0. The van der Waals surface area contributed by atoms with Crippen LogP contribution in [0.4, 0.5) is 0 Å². The number of nitrogens with one attached hydrogen (secondary N) is 1. The van der Waals surface area contributed by atoms with Gasteiger partial charge in [-0.2, -0.15) is 0 Å². The molecule has 1 amide bonds. The first kappa shape index (κ1) is 21.5. The average molecular weight is 464 g/mol. The van der Waals surface area contributed by atoms with Crippen LogP contribution in [0, 0.1) is 0 Å². The summed E-state index contributed by atoms with van der Waals surface area (Å²) in [6, 6.07) is 5.98. The van der Waals surface area contributed by atoms with Crippen molar-refractivity contribution in [3.63, 3.8) is 0 Å². The largest absolute Gasteiger partial charge is 0.484 e. The van der Waals surface area contributed by atoms with Crippen LogP contribution < -0.4 is 10.1 Å². The highest BCUT2D eigenvalue weighted by Crippen LogP contribution is 2.59. The Morgan fingerprint density at radius 3 is 3.06 bits per heavy atom. The van der Waals surface area contributed by atoms with Crippen molar-refractivity contribution < 1.29 is 19.0 Å². The number of amides is 1. The van der Waals surface area contributed by atoms with Gasteiger partial charge in [0.2, 0.25) is 0 Å². The second-order valence-corrected chi connectivity index (χ2v) is 9.89. The van der Waals surface area contributed by atoms with Gasteiger partial charge in [-0.15, -0.1) is 5.10 Å². The predicted octanol–water partition coefficient (Wildman–Crippen LogP) is 2.82. The van der Waals surface area contributed by atoms with Gasteiger partial charge in [-0.3, -0.25) is 9.78 Å². The number of hydrogen-bond acceptors (Lipinski definition) is 7. The van der Waals surface area contributed by atoms with E-state index in [1.54, 1.807) is 0 Å². The van der Waals surface area contributed by atoms with Crippen LogP contribution >= 0.6 is 0 Å². The summed E-state index contributed by atoms with van der Waals surface area (Å²) >= 11 is 0. The molecule has 7 rings (SSSR count). The lowest BCUT2D eigenvalue weighted by Gasteiger charge is -2.42. The van der Waals surface area contributed by atoms with Crippen molar-refractivity contribution in [3.8, 4) is 5.75 Å². The molecule has 2 bridgehead atoms. The van der Waals surface area contributed by atoms with E-state index in [9.17, 15) is 4.79 Å². The van der Waals surface area contributed by atoms with Crippen molar-refractivity contribution in [3.05, 3.63) is 47.4 Å². The van der Waals surface area contributed by atoms with E-state index in [4.69, 9.17) is 14.2 Å². The Labute approximate surface area is 197 Å². The lowest BCUT2D eigenvalue weighted by atomic mass is 9.67. The van der Waals surface area contributed by atoms with E-state index in [2.05, 4.69) is 26.7 Å². The van der Waals surface area contributed by atoms with E-state index in [1.807, 2.05) is 50.0 Å². The summed E-state index contributed by atoms with van der Waals surface area (Å²) in [4.78, 5) is 17.2. The second kappa shape index (κ2) is 7.74. The van der Waals surface area contributed by atoms with Gasteiger partial charge in [-0.05, 0) is 56.5 Å². The van der Waals surface area contributed by atoms with Crippen molar-refractivity contribution in [2.24, 2.45) is 0 Å². The summed E-state index contributed by atoms with van der Waals surface area (Å²) in [5.74, 6) is 0.665. The van der Waals surface area contributed by atoms with Crippen molar-refractivity contribution in [2.75, 3.05) is 13.2 Å². The molecule has 178 valence electrons. The summed E-state index contributed by atoms with van der Waals surface area (Å²) in [5, 5.41) is 12.8. The summed E-state index contributed by atoms with van der Waals surface area (Å²) in [5.41, 5.74) is 3.31. The number of fused-ring (bicyclic) bond motifs is 4. The predicted molar refractivity (Wildman–Crippen MR) is 123 cm³/mol. The Bertz CT molecular complexity index is 1270. The molecule has 1 N–H and O–H groups in total. The molecule has 1 aromatic carbocycles. The molecule has 1 aliphatic carbocycles. The van der Waals surface area contributed by atoms with E-state index in [-0.39, 0.29) is 17.6 Å². The monoisotopic (exact) mass is 463 g/mol. The molecule has 2 saturated heterocycles. The molecular weight excluding hydrogens is 434 g/mol. The topological polar surface area (TPSA) is 100 Å². The van der Waals surface area contributed by atoms with Gasteiger partial charge in [0.15, 0.2) is 6.10 Å². The maximum atomic E-state index is 12.7. The zero-order chi connectivity index (χ0) is 23.5. The standard InChI is InChI=1S/C25H29N5O4/c1-4-26-23(31)22-25(13-24(3,14-25)34-22)30-11-21(28-29-30)15(2)33-17-5-6-20-19(9-17)18-7-8-32-12-16(18)10-27-20/h5-6,9-11,15,22H,4,7-8,12-14H2,1-3H3,(H,26,31)/t15-,22?,24?,25?/m1/s1. The van der Waals surface area contributed by atoms with Crippen molar-refractivity contribution in [1.82, 2.24) is 25.3 Å². The molecule has 2 atom stereocenters. The maximum absolute atomic E-state index is 12.7. The van der Waals surface area contributed by atoms with E-state index < -0.39 is 11.6 Å². The third kappa shape index (κ3) is 3.29. The first-order valence-electron chi connectivity index (χ1n) is 11.9. The highest BCUT2D eigenvalue weighted by atomic mass is 16.5. The summed E-state index contributed by atoms with van der Waals surface area (Å²) in [6.45, 7) is 7.80. The lowest BCUT2D eigenvalue weighted by molar-refractivity contribution is -0.133. The molecule has 1 saturated carbocycles. The van der Waals surface area contributed by atoms with Crippen LogP contribution in [0.3, 0.4) is 0 Å². The molecule has 0 spiro atoms. The molecule has 34 heavy (non-hydrogen) atoms. The second-order valence-electron chi connectivity index (χ2n) is 9.89. The van der Waals surface area contributed by atoms with Gasteiger partial charge in [0.1, 0.15) is 23.1 Å². The molecule has 3 aromatic rings. The Kier molecular flexibility index (Phi) is 4.90. The van der Waals surface area contributed by atoms with Gasteiger partial charge < -0.3 is 19.5 Å². The van der Waals surface area contributed by atoms with Crippen LogP contribution in [-0.2, 0) is 32.8 Å². The number of likely N-dealkylation sites (N-methyl/N-ethyl adjacent to an activating group) is 1. The Morgan fingerprint density at radius 1 is 1.38 bits per heavy atom. The summed E-state index contributed by atoms with van der Waals surface area (Å²) < 4.78 is 19.8. The molecule has 9 heteroatoms. The fourth-order valence-corrected chi connectivity index (χ4v) is 5.82. The van der Waals surface area contributed by atoms with Gasteiger partial charge in [0.05, 0.1) is 30.5 Å². The van der Waals surface area contributed by atoms with E-state index in [0.29, 0.717) is 18.8 Å². The average Bonchev–Trinajstić information content (AvgIpc) is 3.50. The van der Waals surface area contributed by atoms with E-state index in [1.165, 1.54) is 5.56 Å². The number of benzene rings is 1. The van der Waals surface area contributed by atoms with Crippen LogP contribution in [0.15, 0.2) is 30.6 Å². The first-order chi connectivity index (χ1) is 16.4. The normalized spacial score (nSPS) is 28.3. The fourth-order valence-electron chi connectivity index (χ4n) is 5.82. The maximum Gasteiger partial charge on any atom is 0.251 e. The van der Waals surface area contributed by atoms with Crippen LogP contribution in [-0.4, -0.2) is 50.7 Å². The Balaban J connectivity index is 1.24. The van der Waals surface area contributed by atoms with E-state index in [0.717, 1.165) is 48.1 Å². The number of nitrogens with zero attached hydrogens (tertiary/aromatic N) is 4. The molecule has 0 radical (unpaired) electrons. The highest BCUT2D eigenvalue weighted by molar-refractivity contribution is 5.85. The van der Waals surface area contributed by atoms with Crippen LogP contribution in [0.5, 0.6) is 5.75 Å². The number of hydrogen-bond donors (Lipinski definition) is 1. The molecule has 3 fully saturated rings. The highest BCUT2D eigenvalue weighted by Gasteiger charge is 2.69. The van der Waals surface area contributed by atoms with E-state index >= 15 is 0 Å². The SMILES string of the molecule is CCNC(=O)C1OC2(C)CC1(n1cc([C@@H](C)Oc3ccc4ncc5c(c4c3)CCOC5)nn1)C2. The zero-order valence-electron chi connectivity index (χ0n) is 19.7. The number of carbonyl (C=O) groups excluding carboxylic acids is 1. The third-order valence-corrected chi connectivity index (χ3v) is 7.33.